The number of rotatable bonds is 10. The third-order valence-corrected chi connectivity index (χ3v) is 6.76. The molecule has 0 aliphatic carbocycles. The molecule has 1 aromatic carbocycles. The number of carbonyl (C=O) groups excluding carboxylic acids is 3. The van der Waals surface area contributed by atoms with Crippen LogP contribution in [0.15, 0.2) is 6.07 Å². The molecule has 0 spiro atoms. The number of urea groups is 1. The summed E-state index contributed by atoms with van der Waals surface area (Å²) in [6.07, 6.45) is 2.52. The number of halogens is 4. The minimum absolute atomic E-state index is 0.0185. The van der Waals surface area contributed by atoms with Gasteiger partial charge >= 0.3 is 12.0 Å². The second kappa shape index (κ2) is 10.9. The van der Waals surface area contributed by atoms with Crippen LogP contribution in [0, 0.1) is 23.3 Å². The summed E-state index contributed by atoms with van der Waals surface area (Å²) in [4.78, 5) is 34.9. The molecule has 1 aromatic rings. The molecule has 0 aromatic heterocycles. The van der Waals surface area contributed by atoms with E-state index in [1.807, 2.05) is 11.8 Å². The second-order valence-electron chi connectivity index (χ2n) is 7.59. The number of fused-ring (bicyclic) bond motifs is 1. The van der Waals surface area contributed by atoms with Gasteiger partial charge in [0.1, 0.15) is 0 Å². The van der Waals surface area contributed by atoms with Crippen LogP contribution < -0.4 is 20.7 Å². The normalized spacial score (nSPS) is 21.6. The average molecular weight is 477 g/mol. The summed E-state index contributed by atoms with van der Waals surface area (Å²) in [5.41, 5.74) is 0. The maximum atomic E-state index is 13.5. The Morgan fingerprint density at radius 3 is 2.50 bits per heavy atom. The van der Waals surface area contributed by atoms with Crippen molar-refractivity contribution in [3.8, 4) is 5.75 Å². The van der Waals surface area contributed by atoms with Gasteiger partial charge in [0.15, 0.2) is 11.6 Å². The van der Waals surface area contributed by atoms with Crippen LogP contribution in [-0.2, 0) is 9.59 Å². The van der Waals surface area contributed by atoms with Crippen molar-refractivity contribution < 1.29 is 36.7 Å². The first-order valence-electron chi connectivity index (χ1n) is 10.2. The number of thioether (sulfide) groups is 1. The van der Waals surface area contributed by atoms with Crippen molar-refractivity contribution in [1.29, 1.82) is 0 Å². The first kappa shape index (κ1) is 24.1. The van der Waals surface area contributed by atoms with E-state index >= 15 is 0 Å². The molecule has 2 unspecified atom stereocenters. The van der Waals surface area contributed by atoms with Crippen molar-refractivity contribution in [2.75, 3.05) is 12.3 Å². The molecular weight excluding hydrogens is 454 g/mol. The number of ether oxygens (including phenoxy) is 1. The Labute approximate surface area is 186 Å². The maximum absolute atomic E-state index is 13.5. The number of hydrogen-bond donors (Lipinski definition) is 3. The second-order valence-corrected chi connectivity index (χ2v) is 8.86. The van der Waals surface area contributed by atoms with E-state index < -0.39 is 35.0 Å². The molecule has 2 aliphatic heterocycles. The molecule has 32 heavy (non-hydrogen) atoms. The first-order valence-corrected chi connectivity index (χ1v) is 11.3. The zero-order valence-corrected chi connectivity index (χ0v) is 17.8. The number of unbranched alkanes of at least 4 members (excludes halogenated alkanes) is 1. The van der Waals surface area contributed by atoms with Crippen LogP contribution in [-0.4, -0.2) is 47.5 Å². The Morgan fingerprint density at radius 2 is 1.78 bits per heavy atom. The topological polar surface area (TPSA) is 96.5 Å². The Kier molecular flexibility index (Phi) is 8.21. The minimum atomic E-state index is -1.79. The van der Waals surface area contributed by atoms with Gasteiger partial charge in [-0.1, -0.05) is 6.42 Å². The average Bonchev–Trinajstić information content (AvgIpc) is 3.29. The van der Waals surface area contributed by atoms with Gasteiger partial charge in [0, 0.05) is 36.5 Å². The highest BCUT2D eigenvalue weighted by molar-refractivity contribution is 8.00. The highest BCUT2D eigenvalue weighted by atomic mass is 32.2. The van der Waals surface area contributed by atoms with Crippen molar-refractivity contribution >= 4 is 29.7 Å². The summed E-state index contributed by atoms with van der Waals surface area (Å²) in [6, 6.07) is 0.184. The van der Waals surface area contributed by atoms with E-state index in [2.05, 4.69) is 20.7 Å². The van der Waals surface area contributed by atoms with Gasteiger partial charge in [-0.05, 0) is 19.3 Å². The molecule has 3 rings (SSSR count). The van der Waals surface area contributed by atoms with Gasteiger partial charge in [-0.2, -0.15) is 20.5 Å². The molecule has 2 saturated heterocycles. The van der Waals surface area contributed by atoms with Crippen LogP contribution in [0.4, 0.5) is 22.4 Å². The van der Waals surface area contributed by atoms with E-state index in [1.54, 1.807) is 0 Å². The summed E-state index contributed by atoms with van der Waals surface area (Å²) in [5.74, 6) is -8.74. The van der Waals surface area contributed by atoms with Gasteiger partial charge in [0.25, 0.3) is 0 Å². The van der Waals surface area contributed by atoms with Crippen LogP contribution >= 0.6 is 11.8 Å². The molecule has 7 nitrogen and oxygen atoms in total. The van der Waals surface area contributed by atoms with Crippen molar-refractivity contribution in [3.05, 3.63) is 29.3 Å². The standard InChI is InChI=1S/C20H23F4N3O4S/c21-10-8-11(22)17(24)19(16(10)23)31-15(29)6-3-7-25-14(28)5-2-1-4-13-18-12(9-32-13)26-20(30)27-18/h8,12-13,18H,1-7,9H2,(H,25,28)(H2,26,27,30)/t12?,13-,18?/m0/s1. The molecule has 3 amide bonds. The van der Waals surface area contributed by atoms with E-state index in [9.17, 15) is 31.9 Å². The van der Waals surface area contributed by atoms with Crippen molar-refractivity contribution in [1.82, 2.24) is 16.0 Å². The molecule has 2 aliphatic rings. The third-order valence-electron chi connectivity index (χ3n) is 5.25. The molecule has 3 atom stereocenters. The lowest BCUT2D eigenvalue weighted by Gasteiger charge is -2.16. The molecule has 0 saturated carbocycles. The van der Waals surface area contributed by atoms with E-state index in [4.69, 9.17) is 0 Å². The lowest BCUT2D eigenvalue weighted by Crippen LogP contribution is -2.36. The van der Waals surface area contributed by atoms with Gasteiger partial charge in [0.05, 0.1) is 12.1 Å². The van der Waals surface area contributed by atoms with Gasteiger partial charge in [-0.15, -0.1) is 0 Å². The SMILES string of the molecule is O=C(CCCC[C@@H]1SCC2NC(=O)NC21)NCCCC(=O)Oc1c(F)c(F)cc(F)c1F. The predicted octanol–water partition coefficient (Wildman–Crippen LogP) is 2.77. The van der Waals surface area contributed by atoms with E-state index in [0.717, 1.165) is 18.6 Å². The van der Waals surface area contributed by atoms with Gasteiger partial charge in [-0.25, -0.2) is 13.6 Å². The molecule has 2 fully saturated rings. The lowest BCUT2D eigenvalue weighted by molar-refractivity contribution is -0.135. The van der Waals surface area contributed by atoms with E-state index in [-0.39, 0.29) is 49.5 Å². The minimum Gasteiger partial charge on any atom is -0.420 e. The summed E-state index contributed by atoms with van der Waals surface area (Å²) in [5, 5.41) is 8.75. The zero-order chi connectivity index (χ0) is 23.3. The first-order chi connectivity index (χ1) is 15.3. The zero-order valence-electron chi connectivity index (χ0n) is 17.0. The number of benzene rings is 1. The highest BCUT2D eigenvalue weighted by Gasteiger charge is 2.42. The Hall–Kier alpha value is -2.50. The number of amides is 3. The molecule has 2 heterocycles. The monoisotopic (exact) mass is 477 g/mol. The van der Waals surface area contributed by atoms with E-state index in [0.29, 0.717) is 18.1 Å². The molecule has 176 valence electrons. The van der Waals surface area contributed by atoms with E-state index in [1.165, 1.54) is 0 Å². The highest BCUT2D eigenvalue weighted by Crippen LogP contribution is 2.33. The number of carbonyl (C=O) groups is 3. The van der Waals surface area contributed by atoms with Crippen LogP contribution in [0.1, 0.15) is 38.5 Å². The number of esters is 1. The van der Waals surface area contributed by atoms with Crippen LogP contribution in [0.25, 0.3) is 0 Å². The fraction of sp³-hybridized carbons (Fsp3) is 0.550. The lowest BCUT2D eigenvalue weighted by atomic mass is 10.0. The Morgan fingerprint density at radius 1 is 1.06 bits per heavy atom. The van der Waals surface area contributed by atoms with Crippen LogP contribution in [0.5, 0.6) is 5.75 Å². The van der Waals surface area contributed by atoms with Crippen molar-refractivity contribution in [3.63, 3.8) is 0 Å². The summed E-state index contributed by atoms with van der Waals surface area (Å²) < 4.78 is 57.6. The fourth-order valence-electron chi connectivity index (χ4n) is 3.63. The summed E-state index contributed by atoms with van der Waals surface area (Å²) in [7, 11) is 0. The van der Waals surface area contributed by atoms with Crippen LogP contribution in [0.3, 0.4) is 0 Å². The maximum Gasteiger partial charge on any atom is 0.315 e. The third kappa shape index (κ3) is 6.05. The molecular formula is C20H23F4N3O4S. The van der Waals surface area contributed by atoms with Crippen molar-refractivity contribution in [2.24, 2.45) is 0 Å². The quantitative estimate of drug-likeness (QED) is 0.120. The molecule has 0 bridgehead atoms. The van der Waals surface area contributed by atoms with Gasteiger partial charge in [-0.3, -0.25) is 9.59 Å². The smallest absolute Gasteiger partial charge is 0.315 e. The Balaban J connectivity index is 1.27. The van der Waals surface area contributed by atoms with Gasteiger partial charge in [0.2, 0.25) is 23.3 Å². The fourth-order valence-corrected chi connectivity index (χ4v) is 5.17. The summed E-state index contributed by atoms with van der Waals surface area (Å²) in [6.45, 7) is 0.135. The Bertz CT molecular complexity index is 863. The largest absolute Gasteiger partial charge is 0.420 e. The van der Waals surface area contributed by atoms with Crippen LogP contribution in [0.2, 0.25) is 0 Å². The molecule has 3 N–H and O–H groups in total. The van der Waals surface area contributed by atoms with Crippen molar-refractivity contribution in [2.45, 2.75) is 55.9 Å². The predicted molar refractivity (Wildman–Crippen MR) is 108 cm³/mol. The number of nitrogens with one attached hydrogen (secondary N) is 3. The molecule has 0 radical (unpaired) electrons. The van der Waals surface area contributed by atoms with Gasteiger partial charge < -0.3 is 20.7 Å². The molecule has 12 heteroatoms. The number of hydrogen-bond acceptors (Lipinski definition) is 5. The summed E-state index contributed by atoms with van der Waals surface area (Å²) >= 11 is 1.81.